The molecule has 0 bridgehead atoms. The maximum Gasteiger partial charge on any atom is 0.319 e. The van der Waals surface area contributed by atoms with Crippen LogP contribution in [0, 0.1) is 0 Å². The molecule has 3 aromatic carbocycles. The first-order valence-corrected chi connectivity index (χ1v) is 17.2. The summed E-state index contributed by atoms with van der Waals surface area (Å²) in [5.74, 6) is 2.20. The van der Waals surface area contributed by atoms with Gasteiger partial charge in [0.15, 0.2) is 11.5 Å². The number of nitrogens with zero attached hydrogens (tertiary/aromatic N) is 2. The molecule has 0 radical (unpaired) electrons. The second kappa shape index (κ2) is 19.5. The first-order valence-electron chi connectivity index (χ1n) is 17.2. The fraction of sp³-hybridized carbons (Fsp3) is 0.474. The molecular weight excluding hydrogens is 608 g/mol. The van der Waals surface area contributed by atoms with E-state index in [9.17, 15) is 9.59 Å². The van der Waals surface area contributed by atoms with Crippen LogP contribution in [0.2, 0.25) is 0 Å². The lowest BCUT2D eigenvalue weighted by molar-refractivity contribution is 0.0974. The normalized spacial score (nSPS) is 13.5. The van der Waals surface area contributed by atoms with Gasteiger partial charge in [-0.05, 0) is 92.9 Å². The molecule has 0 aliphatic carbocycles. The van der Waals surface area contributed by atoms with Crippen LogP contribution in [0.3, 0.4) is 0 Å². The lowest BCUT2D eigenvalue weighted by Gasteiger charge is -2.32. The molecule has 260 valence electrons. The minimum absolute atomic E-state index is 0.129. The van der Waals surface area contributed by atoms with Crippen LogP contribution in [0.15, 0.2) is 66.7 Å². The monoisotopic (exact) mass is 660 g/mol. The van der Waals surface area contributed by atoms with Gasteiger partial charge in [-0.2, -0.15) is 0 Å². The van der Waals surface area contributed by atoms with E-state index < -0.39 is 0 Å². The minimum atomic E-state index is -0.261. The molecule has 4 rings (SSSR count). The molecule has 0 aromatic heterocycles. The van der Waals surface area contributed by atoms with Crippen LogP contribution in [0.5, 0.6) is 23.0 Å². The summed E-state index contributed by atoms with van der Waals surface area (Å²) in [5, 5.41) is 5.69. The Balaban J connectivity index is 1.36. The number of unbranched alkanes of at least 4 members (excludes halogenated alkanes) is 3. The van der Waals surface area contributed by atoms with Gasteiger partial charge in [0.1, 0.15) is 17.6 Å². The van der Waals surface area contributed by atoms with E-state index in [1.807, 2.05) is 48.5 Å². The van der Waals surface area contributed by atoms with Crippen molar-refractivity contribution in [2.45, 2.75) is 64.9 Å². The van der Waals surface area contributed by atoms with Crippen LogP contribution < -0.4 is 29.7 Å². The Morgan fingerprint density at radius 1 is 0.854 bits per heavy atom. The summed E-state index contributed by atoms with van der Waals surface area (Å²) in [7, 11) is 3.17. The highest BCUT2D eigenvalue weighted by molar-refractivity contribution is 6.06. The number of anilines is 2. The van der Waals surface area contributed by atoms with Gasteiger partial charge in [0, 0.05) is 56.3 Å². The summed E-state index contributed by atoms with van der Waals surface area (Å²) in [5.41, 5.74) is 1.88. The predicted molar refractivity (Wildman–Crippen MR) is 191 cm³/mol. The molecule has 3 aromatic rings. The van der Waals surface area contributed by atoms with Gasteiger partial charge in [-0.3, -0.25) is 4.79 Å². The predicted octanol–water partition coefficient (Wildman–Crippen LogP) is 7.74. The molecular formula is C38H52N4O6. The van der Waals surface area contributed by atoms with Crippen molar-refractivity contribution >= 4 is 23.3 Å². The number of ether oxygens (including phenoxy) is 4. The van der Waals surface area contributed by atoms with E-state index in [4.69, 9.17) is 18.9 Å². The number of benzene rings is 3. The van der Waals surface area contributed by atoms with Crippen molar-refractivity contribution in [3.8, 4) is 23.0 Å². The highest BCUT2D eigenvalue weighted by atomic mass is 16.5. The number of rotatable bonds is 18. The molecule has 0 atom stereocenters. The Bertz CT molecular complexity index is 1410. The lowest BCUT2D eigenvalue weighted by atomic mass is 10.1. The number of amides is 3. The van der Waals surface area contributed by atoms with Crippen molar-refractivity contribution in [1.29, 1.82) is 0 Å². The second-order valence-electron chi connectivity index (χ2n) is 12.0. The topological polar surface area (TPSA) is 102 Å². The number of carbonyl (C=O) groups excluding carboxylic acids is 2. The van der Waals surface area contributed by atoms with E-state index in [1.54, 1.807) is 37.3 Å². The lowest BCUT2D eigenvalue weighted by Crippen LogP contribution is -2.38. The van der Waals surface area contributed by atoms with Crippen molar-refractivity contribution in [1.82, 2.24) is 10.2 Å². The van der Waals surface area contributed by atoms with Crippen molar-refractivity contribution in [3.05, 3.63) is 72.3 Å². The molecule has 10 heteroatoms. The molecule has 48 heavy (non-hydrogen) atoms. The SMILES string of the molecule is CCCCCNC(=O)Nc1ccc(Oc2ccc(N(CCOC)C(=O)c3ccc(OC4CCN(CCCC)CC4)cc3)cc2)c(OC)c1. The fourth-order valence-corrected chi connectivity index (χ4v) is 5.59. The Morgan fingerprint density at radius 3 is 2.23 bits per heavy atom. The third-order valence-electron chi connectivity index (χ3n) is 8.39. The standard InChI is InChI=1S/C38H52N4O6/c1-5-7-9-22-39-38(44)40-30-12-19-35(36(28-30)46-4)48-33-17-13-31(14-18-33)42(26-27-45-3)37(43)29-10-15-32(16-11-29)47-34-20-24-41(25-21-34)23-8-6-2/h10-19,28,34H,5-9,20-27H2,1-4H3,(H2,39,40,44). The third kappa shape index (κ3) is 11.2. The fourth-order valence-electron chi connectivity index (χ4n) is 5.59. The maximum absolute atomic E-state index is 13.7. The smallest absolute Gasteiger partial charge is 0.319 e. The summed E-state index contributed by atoms with van der Waals surface area (Å²) in [4.78, 5) is 30.1. The van der Waals surface area contributed by atoms with Gasteiger partial charge in [-0.1, -0.05) is 33.1 Å². The average molecular weight is 661 g/mol. The molecule has 2 N–H and O–H groups in total. The van der Waals surface area contributed by atoms with Crippen LogP contribution in [0.4, 0.5) is 16.2 Å². The molecule has 10 nitrogen and oxygen atoms in total. The highest BCUT2D eigenvalue weighted by Gasteiger charge is 2.21. The molecule has 1 heterocycles. The van der Waals surface area contributed by atoms with Crippen LogP contribution in [-0.2, 0) is 4.74 Å². The van der Waals surface area contributed by atoms with Crippen molar-refractivity contribution in [2.24, 2.45) is 0 Å². The van der Waals surface area contributed by atoms with Crippen LogP contribution in [0.1, 0.15) is 69.2 Å². The Morgan fingerprint density at radius 2 is 1.56 bits per heavy atom. The molecule has 1 fully saturated rings. The van der Waals surface area contributed by atoms with Gasteiger partial charge >= 0.3 is 6.03 Å². The summed E-state index contributed by atoms with van der Waals surface area (Å²) >= 11 is 0. The first kappa shape index (κ1) is 36.6. The van der Waals surface area contributed by atoms with E-state index >= 15 is 0 Å². The number of likely N-dealkylation sites (tertiary alicyclic amines) is 1. The number of hydrogen-bond donors (Lipinski definition) is 2. The van der Waals surface area contributed by atoms with Gasteiger partial charge in [0.05, 0.1) is 13.7 Å². The molecule has 1 saturated heterocycles. The van der Waals surface area contributed by atoms with Crippen molar-refractivity contribution < 1.29 is 28.5 Å². The van der Waals surface area contributed by atoms with Gasteiger partial charge < -0.3 is 39.4 Å². The Kier molecular flexibility index (Phi) is 14.9. The highest BCUT2D eigenvalue weighted by Crippen LogP contribution is 2.35. The van der Waals surface area contributed by atoms with Crippen molar-refractivity contribution in [2.75, 3.05) is 63.8 Å². The second-order valence-corrected chi connectivity index (χ2v) is 12.0. The average Bonchev–Trinajstić information content (AvgIpc) is 3.11. The molecule has 1 aliphatic rings. The van der Waals surface area contributed by atoms with E-state index in [1.165, 1.54) is 12.8 Å². The largest absolute Gasteiger partial charge is 0.493 e. The van der Waals surface area contributed by atoms with Gasteiger partial charge in [0.25, 0.3) is 5.91 Å². The number of piperidine rings is 1. The zero-order valence-electron chi connectivity index (χ0n) is 29.0. The van der Waals surface area contributed by atoms with Gasteiger partial charge in [0.2, 0.25) is 0 Å². The number of nitrogens with one attached hydrogen (secondary N) is 2. The summed E-state index contributed by atoms with van der Waals surface area (Å²) < 4.78 is 23.2. The van der Waals surface area contributed by atoms with E-state index in [2.05, 4.69) is 29.4 Å². The summed E-state index contributed by atoms with van der Waals surface area (Å²) in [6.07, 6.45) is 7.80. The maximum atomic E-state index is 13.7. The zero-order valence-corrected chi connectivity index (χ0v) is 29.0. The van der Waals surface area contributed by atoms with E-state index in [0.717, 1.165) is 63.2 Å². The number of hydrogen-bond acceptors (Lipinski definition) is 7. The quantitative estimate of drug-likeness (QED) is 0.135. The van der Waals surface area contributed by atoms with Crippen LogP contribution in [-0.4, -0.2) is 76.5 Å². The van der Waals surface area contributed by atoms with E-state index in [0.29, 0.717) is 48.2 Å². The Labute approximate surface area is 285 Å². The summed E-state index contributed by atoms with van der Waals surface area (Å²) in [6, 6.07) is 19.7. The van der Waals surface area contributed by atoms with Gasteiger partial charge in [-0.25, -0.2) is 4.79 Å². The zero-order chi connectivity index (χ0) is 34.1. The number of urea groups is 1. The van der Waals surface area contributed by atoms with Crippen molar-refractivity contribution in [3.63, 3.8) is 0 Å². The molecule has 0 unspecified atom stereocenters. The number of methoxy groups -OCH3 is 2. The number of carbonyl (C=O) groups is 2. The van der Waals surface area contributed by atoms with Crippen LogP contribution >= 0.6 is 0 Å². The third-order valence-corrected chi connectivity index (χ3v) is 8.39. The first-order chi connectivity index (χ1) is 23.4. The Hall–Kier alpha value is -4.28. The molecule has 3 amide bonds. The summed E-state index contributed by atoms with van der Waals surface area (Å²) in [6.45, 7) is 9.05. The molecule has 1 aliphatic heterocycles. The minimum Gasteiger partial charge on any atom is -0.493 e. The van der Waals surface area contributed by atoms with Crippen LogP contribution in [0.25, 0.3) is 0 Å². The van der Waals surface area contributed by atoms with E-state index in [-0.39, 0.29) is 18.0 Å². The molecule has 0 spiro atoms. The molecule has 0 saturated carbocycles. The van der Waals surface area contributed by atoms with Gasteiger partial charge in [-0.15, -0.1) is 0 Å².